The zero-order chi connectivity index (χ0) is 19.4. The third-order valence-corrected chi connectivity index (χ3v) is 5.14. The number of nitrogens with zero attached hydrogens (tertiary/aromatic N) is 2. The van der Waals surface area contributed by atoms with Gasteiger partial charge >= 0.3 is 5.97 Å². The van der Waals surface area contributed by atoms with Gasteiger partial charge in [-0.3, -0.25) is 14.7 Å². The molecule has 0 unspecified atom stereocenters. The number of halogens is 2. The van der Waals surface area contributed by atoms with E-state index in [1.54, 1.807) is 30.0 Å². The lowest BCUT2D eigenvalue weighted by Gasteiger charge is -2.24. The Kier molecular flexibility index (Phi) is 6.51. The van der Waals surface area contributed by atoms with Gasteiger partial charge in [0.2, 0.25) is 5.88 Å². The Labute approximate surface area is 170 Å². The van der Waals surface area contributed by atoms with E-state index in [4.69, 9.17) is 32.7 Å². The number of nitrogens with one attached hydrogen (secondary N) is 1. The summed E-state index contributed by atoms with van der Waals surface area (Å²) in [5, 5.41) is 4.25. The number of rotatable bonds is 6. The van der Waals surface area contributed by atoms with Crippen molar-refractivity contribution in [1.29, 1.82) is 0 Å². The van der Waals surface area contributed by atoms with Gasteiger partial charge in [0.25, 0.3) is 5.91 Å². The number of thioether (sulfide) groups is 1. The summed E-state index contributed by atoms with van der Waals surface area (Å²) >= 11 is 13.2. The zero-order valence-electron chi connectivity index (χ0n) is 14.5. The molecule has 0 radical (unpaired) electrons. The van der Waals surface area contributed by atoms with E-state index < -0.39 is 11.9 Å². The number of benzene rings is 1. The predicted octanol–water partition coefficient (Wildman–Crippen LogP) is 3.49. The number of ether oxygens (including phenoxy) is 2. The Balaban J connectivity index is 1.82. The van der Waals surface area contributed by atoms with E-state index in [-0.39, 0.29) is 13.2 Å². The SMILES string of the molecule is CCOC(=O)COC1=C(C(=O)Nc2cc(Cl)cc(Cl)c2)SC2=NCCCN21. The number of aliphatic imine (C=N–C) groups is 1. The van der Waals surface area contributed by atoms with Gasteiger partial charge in [-0.1, -0.05) is 23.2 Å². The van der Waals surface area contributed by atoms with E-state index in [1.165, 1.54) is 11.8 Å². The fourth-order valence-electron chi connectivity index (χ4n) is 2.55. The summed E-state index contributed by atoms with van der Waals surface area (Å²) < 4.78 is 10.5. The van der Waals surface area contributed by atoms with Crippen molar-refractivity contribution in [2.75, 3.05) is 31.6 Å². The van der Waals surface area contributed by atoms with Crippen LogP contribution in [0.3, 0.4) is 0 Å². The summed E-state index contributed by atoms with van der Waals surface area (Å²) in [5.74, 6) is -0.592. The topological polar surface area (TPSA) is 80.2 Å². The van der Waals surface area contributed by atoms with Crippen molar-refractivity contribution >= 4 is 57.7 Å². The van der Waals surface area contributed by atoms with Crippen LogP contribution in [-0.4, -0.2) is 48.2 Å². The Morgan fingerprint density at radius 2 is 2.04 bits per heavy atom. The van der Waals surface area contributed by atoms with Crippen molar-refractivity contribution in [1.82, 2.24) is 4.90 Å². The molecule has 144 valence electrons. The van der Waals surface area contributed by atoms with Crippen LogP contribution >= 0.6 is 35.0 Å². The summed E-state index contributed by atoms with van der Waals surface area (Å²) in [5.41, 5.74) is 0.460. The highest BCUT2D eigenvalue weighted by atomic mass is 35.5. The number of anilines is 1. The van der Waals surface area contributed by atoms with E-state index in [9.17, 15) is 9.59 Å². The number of fused-ring (bicyclic) bond motifs is 1. The number of hydrogen-bond donors (Lipinski definition) is 1. The first-order valence-corrected chi connectivity index (χ1v) is 9.85. The van der Waals surface area contributed by atoms with Crippen LogP contribution in [0.25, 0.3) is 0 Å². The lowest BCUT2D eigenvalue weighted by atomic mass is 10.3. The number of amidine groups is 1. The molecule has 0 bridgehead atoms. The molecule has 10 heteroatoms. The number of carbonyl (C=O) groups is 2. The molecule has 0 spiro atoms. The molecule has 2 heterocycles. The summed E-state index contributed by atoms with van der Waals surface area (Å²) in [4.78, 5) is 31.0. The van der Waals surface area contributed by atoms with Crippen LogP contribution in [-0.2, 0) is 19.1 Å². The third-order valence-electron chi connectivity index (χ3n) is 3.61. The van der Waals surface area contributed by atoms with Crippen LogP contribution in [0.1, 0.15) is 13.3 Å². The van der Waals surface area contributed by atoms with Crippen LogP contribution in [0.4, 0.5) is 5.69 Å². The van der Waals surface area contributed by atoms with Crippen LogP contribution in [0.5, 0.6) is 0 Å². The molecule has 0 aliphatic carbocycles. The van der Waals surface area contributed by atoms with Gasteiger partial charge in [0.15, 0.2) is 11.8 Å². The fraction of sp³-hybridized carbons (Fsp3) is 0.353. The Morgan fingerprint density at radius 3 is 2.74 bits per heavy atom. The van der Waals surface area contributed by atoms with E-state index in [0.717, 1.165) is 6.42 Å². The minimum atomic E-state index is -0.501. The monoisotopic (exact) mass is 429 g/mol. The van der Waals surface area contributed by atoms with Gasteiger partial charge in [0.05, 0.1) is 6.61 Å². The zero-order valence-corrected chi connectivity index (χ0v) is 16.8. The van der Waals surface area contributed by atoms with E-state index in [0.29, 0.717) is 44.8 Å². The molecule has 1 aromatic carbocycles. The molecule has 0 atom stereocenters. The molecule has 0 aromatic heterocycles. The average molecular weight is 430 g/mol. The molecule has 7 nitrogen and oxygen atoms in total. The molecule has 2 aliphatic rings. The van der Waals surface area contributed by atoms with Crippen molar-refractivity contribution in [3.63, 3.8) is 0 Å². The Bertz CT molecular complexity index is 808. The number of esters is 1. The third kappa shape index (κ3) is 4.88. The number of amides is 1. The van der Waals surface area contributed by atoms with Crippen LogP contribution < -0.4 is 5.32 Å². The fourth-order valence-corrected chi connectivity index (χ4v) is 4.10. The summed E-state index contributed by atoms with van der Waals surface area (Å²) in [7, 11) is 0. The van der Waals surface area contributed by atoms with Gasteiger partial charge in [0.1, 0.15) is 4.91 Å². The molecule has 3 rings (SSSR count). The summed E-state index contributed by atoms with van der Waals surface area (Å²) in [6.07, 6.45) is 0.828. The van der Waals surface area contributed by atoms with Gasteiger partial charge in [-0.25, -0.2) is 4.79 Å². The molecule has 0 fully saturated rings. The Hall–Kier alpha value is -1.90. The molecular weight excluding hydrogens is 413 g/mol. The Morgan fingerprint density at radius 1 is 1.30 bits per heavy atom. The molecule has 0 saturated carbocycles. The minimum Gasteiger partial charge on any atom is -0.466 e. The van der Waals surface area contributed by atoms with Crippen LogP contribution in [0.15, 0.2) is 34.0 Å². The maximum absolute atomic E-state index is 12.8. The van der Waals surface area contributed by atoms with Crippen molar-refractivity contribution < 1.29 is 19.1 Å². The first-order valence-electron chi connectivity index (χ1n) is 8.28. The lowest BCUT2D eigenvalue weighted by molar-refractivity contribution is -0.147. The smallest absolute Gasteiger partial charge is 0.344 e. The van der Waals surface area contributed by atoms with Crippen LogP contribution in [0, 0.1) is 0 Å². The van der Waals surface area contributed by atoms with E-state index in [1.807, 2.05) is 0 Å². The highest BCUT2D eigenvalue weighted by molar-refractivity contribution is 8.18. The standard InChI is InChI=1S/C17H17Cl2N3O4S/c1-2-25-13(23)9-26-16-14(27-17-20-4-3-5-22(16)17)15(24)21-12-7-10(18)6-11(19)8-12/h6-8H,2-5,9H2,1H3,(H,21,24). The quantitative estimate of drug-likeness (QED) is 0.697. The number of hydrogen-bond acceptors (Lipinski definition) is 7. The lowest BCUT2D eigenvalue weighted by Crippen LogP contribution is -2.31. The maximum atomic E-state index is 12.8. The first kappa shape index (κ1) is 19.9. The molecule has 0 saturated heterocycles. The molecule has 1 amide bonds. The summed E-state index contributed by atoms with van der Waals surface area (Å²) in [6.45, 7) is 3.03. The van der Waals surface area contributed by atoms with Crippen LogP contribution in [0.2, 0.25) is 10.0 Å². The average Bonchev–Trinajstić information content (AvgIpc) is 2.98. The highest BCUT2D eigenvalue weighted by Crippen LogP contribution is 2.37. The van der Waals surface area contributed by atoms with Gasteiger partial charge in [-0.05, 0) is 43.3 Å². The van der Waals surface area contributed by atoms with Gasteiger partial charge in [-0.15, -0.1) is 0 Å². The molecule has 2 aliphatic heterocycles. The van der Waals surface area contributed by atoms with Gasteiger partial charge < -0.3 is 14.8 Å². The van der Waals surface area contributed by atoms with E-state index >= 15 is 0 Å². The maximum Gasteiger partial charge on any atom is 0.344 e. The molecular formula is C17H17Cl2N3O4S. The second-order valence-electron chi connectivity index (χ2n) is 5.61. The largest absolute Gasteiger partial charge is 0.466 e. The normalized spacial score (nSPS) is 16.0. The molecule has 1 N–H and O–H groups in total. The molecule has 1 aromatic rings. The second-order valence-corrected chi connectivity index (χ2v) is 7.46. The van der Waals surface area contributed by atoms with Crippen molar-refractivity contribution in [3.8, 4) is 0 Å². The van der Waals surface area contributed by atoms with Crippen molar-refractivity contribution in [3.05, 3.63) is 39.0 Å². The summed E-state index contributed by atoms with van der Waals surface area (Å²) in [6, 6.07) is 4.76. The van der Waals surface area contributed by atoms with Crippen molar-refractivity contribution in [2.24, 2.45) is 4.99 Å². The minimum absolute atomic E-state index is 0.259. The van der Waals surface area contributed by atoms with Gasteiger partial charge in [0, 0.05) is 28.8 Å². The first-order chi connectivity index (χ1) is 13.0. The molecule has 27 heavy (non-hydrogen) atoms. The second kappa shape index (κ2) is 8.86. The van der Waals surface area contributed by atoms with E-state index in [2.05, 4.69) is 10.3 Å². The van der Waals surface area contributed by atoms with Gasteiger partial charge in [-0.2, -0.15) is 0 Å². The predicted molar refractivity (Wildman–Crippen MR) is 106 cm³/mol. The number of carbonyl (C=O) groups excluding carboxylic acids is 2. The van der Waals surface area contributed by atoms with Crippen molar-refractivity contribution in [2.45, 2.75) is 13.3 Å². The highest BCUT2D eigenvalue weighted by Gasteiger charge is 2.36.